The summed E-state index contributed by atoms with van der Waals surface area (Å²) in [5, 5.41) is 31.9. The molecular weight excluding hydrogens is 729 g/mol. The number of amides is 4. The maximum atomic E-state index is 12.5. The predicted octanol–water partition coefficient (Wildman–Crippen LogP) is 5.22. The summed E-state index contributed by atoms with van der Waals surface area (Å²) in [5.74, 6) is -0.660. The fraction of sp³-hybridized carbons (Fsp3) is 0.791. The molecule has 0 aliphatic heterocycles. The molecule has 0 rings (SSSR count). The van der Waals surface area contributed by atoms with Gasteiger partial charge in [-0.15, -0.1) is 0 Å². The first-order valence-electron chi connectivity index (χ1n) is 21.4. The van der Waals surface area contributed by atoms with Crippen molar-refractivity contribution in [1.82, 2.24) is 31.9 Å². The summed E-state index contributed by atoms with van der Waals surface area (Å²) in [6.45, 7) is 15.5. The molecule has 8 N–H and O–H groups in total. The third-order valence-electron chi connectivity index (χ3n) is 7.97. The number of carbonyl (C=O) groups excluding carboxylic acids is 5. The van der Waals surface area contributed by atoms with E-state index < -0.39 is 6.04 Å². The zero-order valence-electron chi connectivity index (χ0n) is 37.9. The van der Waals surface area contributed by atoms with Crippen molar-refractivity contribution in [3.63, 3.8) is 0 Å². The Hall–Kier alpha value is -3.33. The molecule has 0 saturated carbocycles. The molecule has 0 radical (unpaired) electrons. The lowest BCUT2D eigenvalue weighted by molar-refractivity contribution is -0.140. The number of allylic oxidation sites excluding steroid dienone is 3. The number of hydrogen-bond donors (Lipinski definition) is 8. The first-order chi connectivity index (χ1) is 27.6. The molecule has 4 amide bonds. The number of methoxy groups -OCH3 is 1. The minimum Gasteiger partial charge on any atom is -0.469 e. The molecule has 0 aromatic rings. The first kappa shape index (κ1) is 62.9. The van der Waals surface area contributed by atoms with Crippen molar-refractivity contribution in [2.75, 3.05) is 61.1 Å². The van der Waals surface area contributed by atoms with Gasteiger partial charge in [0.1, 0.15) is 6.04 Å². The number of esters is 1. The Kier molecular flexibility index (Phi) is 60.4. The zero-order chi connectivity index (χ0) is 44.4. The van der Waals surface area contributed by atoms with Crippen LogP contribution >= 0.6 is 0 Å². The summed E-state index contributed by atoms with van der Waals surface area (Å²) in [6, 6.07) is -0.617. The van der Waals surface area contributed by atoms with E-state index in [1.807, 2.05) is 59.9 Å². The van der Waals surface area contributed by atoms with E-state index in [2.05, 4.69) is 49.6 Å². The smallest absolute Gasteiger partial charge is 0.305 e. The number of aliphatic hydroxyl groups is 2. The second kappa shape index (κ2) is 54.8. The van der Waals surface area contributed by atoms with Crippen molar-refractivity contribution in [2.45, 2.75) is 163 Å². The molecule has 0 heterocycles. The molecule has 0 saturated heterocycles. The molecule has 0 bridgehead atoms. The van der Waals surface area contributed by atoms with Gasteiger partial charge in [-0.05, 0) is 78.9 Å². The van der Waals surface area contributed by atoms with Gasteiger partial charge in [0.15, 0.2) is 0 Å². The van der Waals surface area contributed by atoms with Crippen LogP contribution in [-0.2, 0) is 28.7 Å². The number of aliphatic hydroxyl groups excluding tert-OH is 2. The van der Waals surface area contributed by atoms with Crippen molar-refractivity contribution in [3.05, 3.63) is 24.3 Å². The molecule has 0 unspecified atom stereocenters. The Bertz CT molecular complexity index is 966. The fourth-order valence-electron chi connectivity index (χ4n) is 4.92. The molecule has 0 aliphatic carbocycles. The lowest BCUT2D eigenvalue weighted by Crippen LogP contribution is -2.46. The van der Waals surface area contributed by atoms with Crippen molar-refractivity contribution in [1.29, 1.82) is 0 Å². The van der Waals surface area contributed by atoms with Crippen molar-refractivity contribution in [3.8, 4) is 0 Å². The van der Waals surface area contributed by atoms with Crippen LogP contribution in [0.25, 0.3) is 0 Å². The van der Waals surface area contributed by atoms with E-state index in [0.717, 1.165) is 46.6 Å². The third kappa shape index (κ3) is 52.7. The Balaban J connectivity index is -0.000000554. The van der Waals surface area contributed by atoms with E-state index in [0.29, 0.717) is 64.6 Å². The molecule has 0 aliphatic rings. The standard InChI is InChI=1S/C32H61N5O6.C7H13N.C2H6.2CH4O/c1-5-7-8-9-10-11-12-18-28(38)34-25-16-23-33-22-15-20-30(40)37-27(6-2)32(42)35-24-14-17-26(3)36-29(39)19-13-21-31(41)43-4;1-3-4-5-6-7-8-2;3*1-2/h26-27,33H,5-25H2,1-4H3,(H,34,38)(H,35,42)(H,36,39)(H,37,40);3-6,8H,7H2,1-2H3;1-2H3;2*2H,1H3/b;4-3-,6-5-;;;/t26-,27+;;;;/m0..../s1. The molecular formula is C43H88N6O8. The van der Waals surface area contributed by atoms with Crippen LogP contribution in [0.3, 0.4) is 0 Å². The highest BCUT2D eigenvalue weighted by atomic mass is 16.5. The number of ether oxygens (including phenoxy) is 1. The van der Waals surface area contributed by atoms with E-state index in [9.17, 15) is 24.0 Å². The molecule has 14 nitrogen and oxygen atoms in total. The topological polar surface area (TPSA) is 207 Å². The summed E-state index contributed by atoms with van der Waals surface area (Å²) in [7, 11) is 5.26. The summed E-state index contributed by atoms with van der Waals surface area (Å²) in [4.78, 5) is 59.8. The maximum absolute atomic E-state index is 12.5. The van der Waals surface area contributed by atoms with Crippen LogP contribution in [0.5, 0.6) is 0 Å². The minimum atomic E-state index is -0.572. The van der Waals surface area contributed by atoms with Crippen LogP contribution in [-0.4, -0.2) is 113 Å². The fourth-order valence-corrected chi connectivity index (χ4v) is 4.92. The van der Waals surface area contributed by atoms with E-state index in [4.69, 9.17) is 10.2 Å². The van der Waals surface area contributed by atoms with Gasteiger partial charge in [0.05, 0.1) is 7.11 Å². The molecule has 57 heavy (non-hydrogen) atoms. The lowest BCUT2D eigenvalue weighted by atomic mass is 10.1. The van der Waals surface area contributed by atoms with Gasteiger partial charge in [0.2, 0.25) is 23.6 Å². The van der Waals surface area contributed by atoms with Crippen LogP contribution in [0.2, 0.25) is 0 Å². The van der Waals surface area contributed by atoms with E-state index >= 15 is 0 Å². The van der Waals surface area contributed by atoms with Gasteiger partial charge in [-0.2, -0.15) is 0 Å². The average molecular weight is 817 g/mol. The van der Waals surface area contributed by atoms with Gasteiger partial charge in [0, 0.05) is 65.6 Å². The molecule has 0 aromatic heterocycles. The number of rotatable bonds is 31. The van der Waals surface area contributed by atoms with E-state index in [1.54, 1.807) is 0 Å². The van der Waals surface area contributed by atoms with Crippen LogP contribution in [0.15, 0.2) is 24.3 Å². The third-order valence-corrected chi connectivity index (χ3v) is 7.97. The number of nitrogens with one attached hydrogen (secondary N) is 6. The largest absolute Gasteiger partial charge is 0.469 e. The SMILES string of the molecule is C/C=C\C=C/CNC.CC.CCCCCCCCCC(=O)NCCCNCCCC(=O)N[C@H](CC)C(=O)NCCC[C@H](C)NC(=O)CCCC(=O)OC.CO.CO. The quantitative estimate of drug-likeness (QED) is 0.0260. The normalized spacial score (nSPS) is 11.2. The summed E-state index contributed by atoms with van der Waals surface area (Å²) in [5.41, 5.74) is 0. The number of unbranched alkanes of at least 4 members (excludes halogenated alkanes) is 6. The van der Waals surface area contributed by atoms with Gasteiger partial charge < -0.3 is 46.9 Å². The van der Waals surface area contributed by atoms with Crippen LogP contribution in [0.1, 0.15) is 151 Å². The second-order valence-corrected chi connectivity index (χ2v) is 12.8. The van der Waals surface area contributed by atoms with Gasteiger partial charge >= 0.3 is 5.97 Å². The monoisotopic (exact) mass is 817 g/mol. The second-order valence-electron chi connectivity index (χ2n) is 12.8. The summed E-state index contributed by atoms with van der Waals surface area (Å²) >= 11 is 0. The highest BCUT2D eigenvalue weighted by Crippen LogP contribution is 2.08. The van der Waals surface area contributed by atoms with Crippen LogP contribution in [0, 0.1) is 0 Å². The van der Waals surface area contributed by atoms with Crippen LogP contribution < -0.4 is 31.9 Å². The molecule has 0 fully saturated rings. The Morgan fingerprint density at radius 1 is 0.649 bits per heavy atom. The summed E-state index contributed by atoms with van der Waals surface area (Å²) in [6.07, 6.45) is 21.8. The highest BCUT2D eigenvalue weighted by Gasteiger charge is 2.18. The molecule has 14 heteroatoms. The molecule has 0 spiro atoms. The predicted molar refractivity (Wildman–Crippen MR) is 236 cm³/mol. The van der Waals surface area contributed by atoms with E-state index in [-0.39, 0.29) is 48.5 Å². The van der Waals surface area contributed by atoms with Gasteiger partial charge in [-0.3, -0.25) is 24.0 Å². The van der Waals surface area contributed by atoms with E-state index in [1.165, 1.54) is 39.2 Å². The Morgan fingerprint density at radius 2 is 1.21 bits per heavy atom. The van der Waals surface area contributed by atoms with Gasteiger partial charge in [-0.25, -0.2) is 0 Å². The van der Waals surface area contributed by atoms with Crippen LogP contribution in [0.4, 0.5) is 0 Å². The van der Waals surface area contributed by atoms with Crippen molar-refractivity contribution in [2.24, 2.45) is 0 Å². The first-order valence-corrected chi connectivity index (χ1v) is 21.4. The number of hydrogen-bond acceptors (Lipinski definition) is 10. The molecule has 0 aromatic carbocycles. The summed E-state index contributed by atoms with van der Waals surface area (Å²) < 4.78 is 4.56. The highest BCUT2D eigenvalue weighted by molar-refractivity contribution is 5.87. The van der Waals surface area contributed by atoms with Gasteiger partial charge in [0.25, 0.3) is 0 Å². The van der Waals surface area contributed by atoms with Crippen molar-refractivity contribution >= 4 is 29.6 Å². The lowest BCUT2D eigenvalue weighted by Gasteiger charge is -2.18. The molecule has 2 atom stereocenters. The Labute approximate surface area is 348 Å². The number of likely N-dealkylation sites (N-methyl/N-ethyl adjacent to an activating group) is 1. The number of carbonyl (C=O) groups is 5. The minimum absolute atomic E-state index is 0.0451. The zero-order valence-corrected chi connectivity index (χ0v) is 37.9. The average Bonchev–Trinajstić information content (AvgIpc) is 3.23. The van der Waals surface area contributed by atoms with Gasteiger partial charge in [-0.1, -0.05) is 90.5 Å². The van der Waals surface area contributed by atoms with Crippen molar-refractivity contribution < 1.29 is 38.9 Å². The Morgan fingerprint density at radius 3 is 1.81 bits per heavy atom. The molecule has 338 valence electrons. The maximum Gasteiger partial charge on any atom is 0.305 e.